The molecule has 1 aromatic rings. The highest BCUT2D eigenvalue weighted by molar-refractivity contribution is 8.02. The number of hydrogen-bond acceptors (Lipinski definition) is 6. The lowest BCUT2D eigenvalue weighted by Gasteiger charge is -2.39. The summed E-state index contributed by atoms with van der Waals surface area (Å²) in [6.45, 7) is 13.4. The highest BCUT2D eigenvalue weighted by Crippen LogP contribution is 2.72. The molecule has 2 unspecified atom stereocenters. The van der Waals surface area contributed by atoms with Crippen molar-refractivity contribution in [2.75, 3.05) is 24.7 Å². The third-order valence-corrected chi connectivity index (χ3v) is 10.7. The number of aliphatic hydroxyl groups excluding tert-OH is 1. The molecule has 3 saturated heterocycles. The molecule has 4 rings (SSSR count). The Balaban J connectivity index is 1.83. The topological polar surface area (TPSA) is 87.1 Å². The second-order valence-corrected chi connectivity index (χ2v) is 12.9. The van der Waals surface area contributed by atoms with E-state index in [1.165, 1.54) is 0 Å². The molecule has 0 aliphatic carbocycles. The molecule has 3 heterocycles. The number of likely N-dealkylation sites (tertiary alicyclic amines) is 1. The van der Waals surface area contributed by atoms with Gasteiger partial charge in [-0.05, 0) is 51.2 Å². The maximum atomic E-state index is 14.7. The molecule has 9 heteroatoms. The van der Waals surface area contributed by atoms with E-state index in [0.29, 0.717) is 36.4 Å². The van der Waals surface area contributed by atoms with Crippen LogP contribution in [0.3, 0.4) is 0 Å². The van der Waals surface area contributed by atoms with Crippen LogP contribution < -0.4 is 4.90 Å². The molecular weight excluding hydrogens is 524 g/mol. The van der Waals surface area contributed by atoms with Crippen molar-refractivity contribution in [1.29, 1.82) is 0 Å². The summed E-state index contributed by atoms with van der Waals surface area (Å²) < 4.78 is 4.25. The van der Waals surface area contributed by atoms with Crippen molar-refractivity contribution in [3.63, 3.8) is 0 Å². The minimum Gasteiger partial charge on any atom is -0.465 e. The van der Waals surface area contributed by atoms with Gasteiger partial charge in [0.25, 0.3) is 5.91 Å². The van der Waals surface area contributed by atoms with Crippen LogP contribution in [0.15, 0.2) is 43.5 Å². The molecule has 38 heavy (non-hydrogen) atoms. The molecule has 0 saturated carbocycles. The van der Waals surface area contributed by atoms with Crippen molar-refractivity contribution in [3.05, 3.63) is 54.1 Å². The number of carbonyl (C=O) groups is 3. The number of ether oxygens (including phenoxy) is 1. The van der Waals surface area contributed by atoms with Crippen LogP contribution in [-0.4, -0.2) is 69.1 Å². The number of aliphatic hydroxyl groups is 1. The van der Waals surface area contributed by atoms with E-state index in [0.717, 1.165) is 5.56 Å². The number of carbonyl (C=O) groups excluding carboxylic acids is 3. The maximum absolute atomic E-state index is 14.7. The quantitative estimate of drug-likeness (QED) is 0.243. The van der Waals surface area contributed by atoms with Crippen LogP contribution in [-0.2, 0) is 19.1 Å². The van der Waals surface area contributed by atoms with Crippen molar-refractivity contribution >= 4 is 46.8 Å². The number of thioether (sulfide) groups is 1. The molecule has 3 aliphatic rings. The van der Waals surface area contributed by atoms with Crippen LogP contribution in [0.5, 0.6) is 0 Å². The summed E-state index contributed by atoms with van der Waals surface area (Å²) in [5.74, 6) is -2.33. The molecule has 0 aromatic heterocycles. The predicted octanol–water partition coefficient (Wildman–Crippen LogP) is 4.54. The molecule has 3 aliphatic heterocycles. The number of esters is 1. The predicted molar refractivity (Wildman–Crippen MR) is 151 cm³/mol. The molecule has 0 radical (unpaired) electrons. The number of aryl methyl sites for hydroxylation is 1. The average molecular weight is 561 g/mol. The molecular formula is C29H37ClN2O5S. The van der Waals surface area contributed by atoms with Crippen LogP contribution in [0.2, 0.25) is 5.02 Å². The van der Waals surface area contributed by atoms with Gasteiger partial charge < -0.3 is 19.6 Å². The number of halogens is 1. The van der Waals surface area contributed by atoms with E-state index in [1.807, 2.05) is 32.9 Å². The van der Waals surface area contributed by atoms with E-state index in [1.54, 1.807) is 39.8 Å². The van der Waals surface area contributed by atoms with E-state index in [4.69, 9.17) is 16.3 Å². The van der Waals surface area contributed by atoms with Gasteiger partial charge in [0.1, 0.15) is 6.04 Å². The first-order valence-corrected chi connectivity index (χ1v) is 14.4. The average Bonchev–Trinajstić information content (AvgIpc) is 3.45. The summed E-state index contributed by atoms with van der Waals surface area (Å²) in [6.07, 6.45) is 5.61. The highest BCUT2D eigenvalue weighted by atomic mass is 35.5. The molecule has 206 valence electrons. The fraction of sp³-hybridized carbons (Fsp3) is 0.552. The molecule has 2 amide bonds. The zero-order valence-electron chi connectivity index (χ0n) is 22.3. The van der Waals surface area contributed by atoms with Crippen LogP contribution in [0.1, 0.15) is 45.1 Å². The number of rotatable bonds is 11. The zero-order valence-corrected chi connectivity index (χ0v) is 23.9. The van der Waals surface area contributed by atoms with Crippen LogP contribution >= 0.6 is 23.4 Å². The number of fused-ring (bicyclic) bond motifs is 1. The second-order valence-electron chi connectivity index (χ2n) is 10.6. The van der Waals surface area contributed by atoms with Gasteiger partial charge in [-0.25, -0.2) is 0 Å². The number of benzene rings is 1. The van der Waals surface area contributed by atoms with Crippen molar-refractivity contribution < 1.29 is 24.2 Å². The van der Waals surface area contributed by atoms with E-state index < -0.39 is 39.4 Å². The second kappa shape index (κ2) is 11.1. The third-order valence-electron chi connectivity index (χ3n) is 8.38. The molecule has 1 aromatic carbocycles. The van der Waals surface area contributed by atoms with Crippen LogP contribution in [0.25, 0.3) is 0 Å². The lowest BCUT2D eigenvalue weighted by Crippen LogP contribution is -2.57. The maximum Gasteiger partial charge on any atom is 0.311 e. The first-order valence-electron chi connectivity index (χ1n) is 13.2. The van der Waals surface area contributed by atoms with Gasteiger partial charge >= 0.3 is 5.97 Å². The van der Waals surface area contributed by atoms with Crippen LogP contribution in [0, 0.1) is 18.8 Å². The largest absolute Gasteiger partial charge is 0.465 e. The summed E-state index contributed by atoms with van der Waals surface area (Å²) in [5, 5.41) is 10.7. The van der Waals surface area contributed by atoms with Gasteiger partial charge in [-0.15, -0.1) is 24.9 Å². The summed E-state index contributed by atoms with van der Waals surface area (Å²) in [6, 6.07) is 4.03. The van der Waals surface area contributed by atoms with Crippen molar-refractivity contribution in [1.82, 2.24) is 4.90 Å². The molecule has 7 nitrogen and oxygen atoms in total. The first-order chi connectivity index (χ1) is 18.1. The Hall–Kier alpha value is -2.29. The molecule has 1 N–H and O–H groups in total. The van der Waals surface area contributed by atoms with Gasteiger partial charge in [-0.2, -0.15) is 0 Å². The fourth-order valence-electron chi connectivity index (χ4n) is 6.67. The van der Waals surface area contributed by atoms with Crippen molar-refractivity contribution in [3.8, 4) is 0 Å². The molecule has 2 bridgehead atoms. The minimum atomic E-state index is -0.870. The smallest absolute Gasteiger partial charge is 0.311 e. The Morgan fingerprint density at radius 1 is 1.34 bits per heavy atom. The summed E-state index contributed by atoms with van der Waals surface area (Å²) in [5.41, 5.74) is 1.40. The monoisotopic (exact) mass is 560 g/mol. The Morgan fingerprint density at radius 3 is 2.68 bits per heavy atom. The zero-order chi connectivity index (χ0) is 27.8. The molecule has 1 spiro atoms. The van der Waals surface area contributed by atoms with E-state index in [2.05, 4.69) is 13.2 Å². The number of amides is 2. The van der Waals surface area contributed by atoms with Gasteiger partial charge in [0.15, 0.2) is 0 Å². The third kappa shape index (κ3) is 4.38. The summed E-state index contributed by atoms with van der Waals surface area (Å²) in [7, 11) is 0. The summed E-state index contributed by atoms with van der Waals surface area (Å²) >= 11 is 8.18. The number of hydrogen-bond donors (Lipinski definition) is 1. The van der Waals surface area contributed by atoms with Gasteiger partial charge in [-0.3, -0.25) is 14.4 Å². The first kappa shape index (κ1) is 28.7. The van der Waals surface area contributed by atoms with Gasteiger partial charge in [0, 0.05) is 11.3 Å². The van der Waals surface area contributed by atoms with E-state index in [9.17, 15) is 19.5 Å². The standard InChI is InChI=1S/C29H37ClN2O5S/c1-6-9-16-37-27(36)22-21-25(34)32(19(8-3)17-33)24(29(21)14-13-28(22,5)38-29)26(35)31(15-7-2)23-18(4)11-10-12-20(23)30/h6-7,10-12,19,21-22,24,33H,1-2,8-9,13-17H2,3-5H3/t19-,21-,22-,24?,28+,29?/m0/s1. The lowest BCUT2D eigenvalue weighted by molar-refractivity contribution is -0.156. The fourth-order valence-corrected chi connectivity index (χ4v) is 9.32. The van der Waals surface area contributed by atoms with E-state index >= 15 is 0 Å². The van der Waals surface area contributed by atoms with Crippen LogP contribution in [0.4, 0.5) is 5.69 Å². The Morgan fingerprint density at radius 2 is 2.08 bits per heavy atom. The molecule has 3 fully saturated rings. The number of anilines is 1. The Kier molecular flexibility index (Phi) is 8.36. The summed E-state index contributed by atoms with van der Waals surface area (Å²) in [4.78, 5) is 45.5. The van der Waals surface area contributed by atoms with Crippen molar-refractivity contribution in [2.45, 2.75) is 68.0 Å². The minimum absolute atomic E-state index is 0.201. The SMILES string of the molecule is C=CCCOC(=O)[C@@H]1[C@H]2C(=O)N([C@@H](CC)CO)C(C(=O)N(CC=C)c3c(C)cccc3Cl)C23CC[C@@]1(C)S3. The van der Waals surface area contributed by atoms with Gasteiger partial charge in [0.2, 0.25) is 5.91 Å². The number of para-hydroxylation sites is 1. The highest BCUT2D eigenvalue weighted by Gasteiger charge is 2.78. The van der Waals surface area contributed by atoms with Gasteiger partial charge in [0.05, 0.1) is 46.5 Å². The lowest BCUT2D eigenvalue weighted by atomic mass is 9.66. The van der Waals surface area contributed by atoms with Crippen molar-refractivity contribution in [2.24, 2.45) is 11.8 Å². The number of nitrogens with zero attached hydrogens (tertiary/aromatic N) is 2. The van der Waals surface area contributed by atoms with Gasteiger partial charge in [-0.1, -0.05) is 42.8 Å². The van der Waals surface area contributed by atoms with E-state index in [-0.39, 0.29) is 31.6 Å². The molecule has 6 atom stereocenters. The Labute approximate surface area is 234 Å². The Bertz CT molecular complexity index is 1120. The normalized spacial score (nSPS) is 30.2.